The summed E-state index contributed by atoms with van der Waals surface area (Å²) in [5.41, 5.74) is 1.45. The average Bonchev–Trinajstić information content (AvgIpc) is 3.10. The fraction of sp³-hybridized carbons (Fsp3) is 0.467. The molecule has 2 amide bonds. The van der Waals surface area contributed by atoms with E-state index < -0.39 is 0 Å². The number of nitrogens with one attached hydrogen (secondary N) is 2. The Morgan fingerprint density at radius 2 is 2.38 bits per heavy atom. The Labute approximate surface area is 123 Å². The molecule has 21 heavy (non-hydrogen) atoms. The van der Waals surface area contributed by atoms with E-state index >= 15 is 0 Å². The number of ether oxygens (including phenoxy) is 1. The van der Waals surface area contributed by atoms with Gasteiger partial charge in [-0.2, -0.15) is 0 Å². The third-order valence-electron chi connectivity index (χ3n) is 3.80. The van der Waals surface area contributed by atoms with E-state index in [1.54, 1.807) is 11.0 Å². The van der Waals surface area contributed by atoms with Crippen molar-refractivity contribution in [1.29, 1.82) is 0 Å². The average molecular weight is 289 g/mol. The maximum atomic E-state index is 12.0. The van der Waals surface area contributed by atoms with Crippen LogP contribution in [-0.4, -0.2) is 37.7 Å². The van der Waals surface area contributed by atoms with Crippen LogP contribution in [0.4, 0.5) is 16.2 Å². The van der Waals surface area contributed by atoms with Crippen LogP contribution >= 0.6 is 0 Å². The van der Waals surface area contributed by atoms with Gasteiger partial charge in [-0.05, 0) is 37.6 Å². The molecule has 1 aromatic rings. The predicted molar refractivity (Wildman–Crippen MR) is 79.4 cm³/mol. The lowest BCUT2D eigenvalue weighted by atomic mass is 10.1. The predicted octanol–water partition coefficient (Wildman–Crippen LogP) is 1.72. The minimum Gasteiger partial charge on any atom is -0.447 e. The molecular formula is C15H19N3O3. The summed E-state index contributed by atoms with van der Waals surface area (Å²) in [5, 5.41) is 6.19. The molecule has 0 aromatic heterocycles. The lowest BCUT2D eigenvalue weighted by Gasteiger charge is -2.15. The minimum absolute atomic E-state index is 0.00412. The number of amides is 2. The summed E-state index contributed by atoms with van der Waals surface area (Å²) in [4.78, 5) is 25.1. The summed E-state index contributed by atoms with van der Waals surface area (Å²) in [6.07, 6.45) is 2.32. The van der Waals surface area contributed by atoms with E-state index in [-0.39, 0.29) is 18.0 Å². The molecule has 6 heteroatoms. The Kier molecular flexibility index (Phi) is 4.06. The molecule has 2 saturated heterocycles. The molecule has 0 saturated carbocycles. The van der Waals surface area contributed by atoms with E-state index in [4.69, 9.17) is 4.74 Å². The maximum Gasteiger partial charge on any atom is 0.414 e. The smallest absolute Gasteiger partial charge is 0.414 e. The van der Waals surface area contributed by atoms with Crippen molar-refractivity contribution in [2.24, 2.45) is 0 Å². The number of nitrogens with zero attached hydrogens (tertiary/aromatic N) is 1. The zero-order valence-corrected chi connectivity index (χ0v) is 11.8. The van der Waals surface area contributed by atoms with Crippen molar-refractivity contribution in [1.82, 2.24) is 5.32 Å². The lowest BCUT2D eigenvalue weighted by Crippen LogP contribution is -2.27. The zero-order chi connectivity index (χ0) is 14.7. The molecule has 1 aromatic carbocycles. The van der Waals surface area contributed by atoms with Gasteiger partial charge in [0, 0.05) is 23.8 Å². The molecule has 2 aliphatic heterocycles. The second-order valence-corrected chi connectivity index (χ2v) is 5.36. The standard InChI is InChI=1S/C15H19N3O3/c19-14(10-11-4-2-6-16-11)17-12-3-1-5-13(9-12)18-7-8-21-15(18)20/h1,3,5,9,11,16H,2,4,6-8,10H2,(H,17,19). The Morgan fingerprint density at radius 1 is 1.48 bits per heavy atom. The molecule has 6 nitrogen and oxygen atoms in total. The van der Waals surface area contributed by atoms with Crippen LogP contribution in [0.15, 0.2) is 24.3 Å². The highest BCUT2D eigenvalue weighted by atomic mass is 16.6. The fourth-order valence-electron chi connectivity index (χ4n) is 2.75. The highest BCUT2D eigenvalue weighted by Gasteiger charge is 2.24. The van der Waals surface area contributed by atoms with Crippen LogP contribution in [0.5, 0.6) is 0 Å². The molecule has 0 radical (unpaired) electrons. The van der Waals surface area contributed by atoms with Gasteiger partial charge in [0.15, 0.2) is 0 Å². The molecule has 2 heterocycles. The highest BCUT2D eigenvalue weighted by molar-refractivity contribution is 5.93. The van der Waals surface area contributed by atoms with Crippen LogP contribution in [0.3, 0.4) is 0 Å². The Morgan fingerprint density at radius 3 is 3.10 bits per heavy atom. The summed E-state index contributed by atoms with van der Waals surface area (Å²) in [6, 6.07) is 7.56. The van der Waals surface area contributed by atoms with E-state index in [2.05, 4.69) is 10.6 Å². The number of cyclic esters (lactones) is 1. The third-order valence-corrected chi connectivity index (χ3v) is 3.80. The first kappa shape index (κ1) is 13.9. The molecule has 1 atom stereocenters. The van der Waals surface area contributed by atoms with Gasteiger partial charge in [-0.1, -0.05) is 6.07 Å². The third kappa shape index (κ3) is 3.33. The number of benzene rings is 1. The van der Waals surface area contributed by atoms with E-state index in [1.165, 1.54) is 0 Å². The first-order valence-electron chi connectivity index (χ1n) is 7.30. The van der Waals surface area contributed by atoms with Crippen LogP contribution in [0.1, 0.15) is 19.3 Å². The van der Waals surface area contributed by atoms with Gasteiger partial charge in [0.05, 0.1) is 6.54 Å². The van der Waals surface area contributed by atoms with E-state index in [9.17, 15) is 9.59 Å². The van der Waals surface area contributed by atoms with Gasteiger partial charge in [0.2, 0.25) is 5.91 Å². The molecule has 0 bridgehead atoms. The van der Waals surface area contributed by atoms with Crippen molar-refractivity contribution in [3.63, 3.8) is 0 Å². The second-order valence-electron chi connectivity index (χ2n) is 5.36. The van der Waals surface area contributed by atoms with Crippen molar-refractivity contribution in [2.75, 3.05) is 29.9 Å². The lowest BCUT2D eigenvalue weighted by molar-refractivity contribution is -0.116. The van der Waals surface area contributed by atoms with Crippen LogP contribution in [0.2, 0.25) is 0 Å². The summed E-state index contributed by atoms with van der Waals surface area (Å²) in [7, 11) is 0. The summed E-state index contributed by atoms with van der Waals surface area (Å²) >= 11 is 0. The topological polar surface area (TPSA) is 70.7 Å². The molecule has 0 spiro atoms. The molecule has 3 rings (SSSR count). The van der Waals surface area contributed by atoms with Crippen molar-refractivity contribution in [3.05, 3.63) is 24.3 Å². The molecular weight excluding hydrogens is 270 g/mol. The Hall–Kier alpha value is -2.08. The van der Waals surface area contributed by atoms with Crippen molar-refractivity contribution < 1.29 is 14.3 Å². The van der Waals surface area contributed by atoms with Gasteiger partial charge in [0.25, 0.3) is 0 Å². The number of hydrogen-bond acceptors (Lipinski definition) is 4. The minimum atomic E-state index is -0.339. The number of anilines is 2. The summed E-state index contributed by atoms with van der Waals surface area (Å²) in [6.45, 7) is 1.94. The van der Waals surface area contributed by atoms with Crippen molar-refractivity contribution in [2.45, 2.75) is 25.3 Å². The first-order valence-corrected chi connectivity index (χ1v) is 7.30. The number of rotatable bonds is 4. The van der Waals surface area contributed by atoms with Crippen molar-refractivity contribution >= 4 is 23.4 Å². The van der Waals surface area contributed by atoms with Crippen LogP contribution in [0, 0.1) is 0 Å². The van der Waals surface area contributed by atoms with Crippen LogP contribution in [0.25, 0.3) is 0 Å². The Balaban J connectivity index is 1.62. The molecule has 112 valence electrons. The van der Waals surface area contributed by atoms with E-state index in [0.717, 1.165) is 25.1 Å². The molecule has 2 fully saturated rings. The fourth-order valence-corrected chi connectivity index (χ4v) is 2.75. The number of carbonyl (C=O) groups is 2. The van der Waals surface area contributed by atoms with Gasteiger partial charge < -0.3 is 15.4 Å². The SMILES string of the molecule is O=C(CC1CCCN1)Nc1cccc(N2CCOC2=O)c1. The van der Waals surface area contributed by atoms with Crippen LogP contribution in [-0.2, 0) is 9.53 Å². The number of hydrogen-bond donors (Lipinski definition) is 2. The number of carbonyl (C=O) groups excluding carboxylic acids is 2. The van der Waals surface area contributed by atoms with Gasteiger partial charge in [-0.3, -0.25) is 9.69 Å². The molecule has 2 N–H and O–H groups in total. The molecule has 1 unspecified atom stereocenters. The maximum absolute atomic E-state index is 12.0. The van der Waals surface area contributed by atoms with Crippen LogP contribution < -0.4 is 15.5 Å². The van der Waals surface area contributed by atoms with E-state index in [0.29, 0.717) is 25.3 Å². The second kappa shape index (κ2) is 6.13. The first-order chi connectivity index (χ1) is 10.2. The molecule has 0 aliphatic carbocycles. The summed E-state index contributed by atoms with van der Waals surface area (Å²) < 4.78 is 4.92. The Bertz CT molecular complexity index is 541. The van der Waals surface area contributed by atoms with Gasteiger partial charge in [-0.25, -0.2) is 4.79 Å². The quantitative estimate of drug-likeness (QED) is 0.885. The molecule has 2 aliphatic rings. The van der Waals surface area contributed by atoms with E-state index in [1.807, 2.05) is 18.2 Å². The van der Waals surface area contributed by atoms with Crippen molar-refractivity contribution in [3.8, 4) is 0 Å². The monoisotopic (exact) mass is 289 g/mol. The van der Waals surface area contributed by atoms with Gasteiger partial charge in [0.1, 0.15) is 6.61 Å². The highest BCUT2D eigenvalue weighted by Crippen LogP contribution is 2.22. The van der Waals surface area contributed by atoms with Gasteiger partial charge in [-0.15, -0.1) is 0 Å². The van der Waals surface area contributed by atoms with Gasteiger partial charge >= 0.3 is 6.09 Å². The largest absolute Gasteiger partial charge is 0.447 e. The zero-order valence-electron chi connectivity index (χ0n) is 11.8. The normalized spacial score (nSPS) is 21.4. The summed E-state index contributed by atoms with van der Waals surface area (Å²) in [5.74, 6) is -0.00412.